The van der Waals surface area contributed by atoms with Crippen LogP contribution in [0.2, 0.25) is 0 Å². The molecule has 0 aliphatic carbocycles. The molecular weight excluding hydrogens is 258 g/mol. The van der Waals surface area contributed by atoms with E-state index in [0.29, 0.717) is 28.1 Å². The first-order valence-corrected chi connectivity index (χ1v) is 5.99. The van der Waals surface area contributed by atoms with Gasteiger partial charge in [0.15, 0.2) is 5.76 Å². The lowest BCUT2D eigenvalue weighted by Gasteiger charge is -2.02. The van der Waals surface area contributed by atoms with Gasteiger partial charge < -0.3 is 14.1 Å². The lowest BCUT2D eigenvalue weighted by atomic mass is 10.1. The van der Waals surface area contributed by atoms with Gasteiger partial charge in [-0.25, -0.2) is 9.59 Å². The van der Waals surface area contributed by atoms with E-state index in [4.69, 9.17) is 4.42 Å². The van der Waals surface area contributed by atoms with Crippen LogP contribution in [0.1, 0.15) is 10.4 Å². The molecule has 1 aromatic rings. The summed E-state index contributed by atoms with van der Waals surface area (Å²) in [5.74, 6) is 0.0546. The van der Waals surface area contributed by atoms with Crippen LogP contribution in [0.15, 0.2) is 51.8 Å². The van der Waals surface area contributed by atoms with E-state index in [-0.39, 0.29) is 5.63 Å². The maximum absolute atomic E-state index is 11.7. The molecule has 0 fully saturated rings. The summed E-state index contributed by atoms with van der Waals surface area (Å²) in [5, 5.41) is 0. The minimum Gasteiger partial charge on any atom is -0.465 e. The Morgan fingerprint density at radius 2 is 1.95 bits per heavy atom. The lowest BCUT2D eigenvalue weighted by Crippen LogP contribution is -2.00. The van der Waals surface area contributed by atoms with Gasteiger partial charge in [0, 0.05) is 11.8 Å². The van der Waals surface area contributed by atoms with Crippen LogP contribution in [0, 0.1) is 0 Å². The smallest absolute Gasteiger partial charge is 0.345 e. The molecule has 2 heterocycles. The number of fused-ring (bicyclic) bond motifs is 1. The summed E-state index contributed by atoms with van der Waals surface area (Å²) in [4.78, 5) is 26.1. The Labute approximate surface area is 114 Å². The number of hydrogen-bond acceptors (Lipinski definition) is 4. The largest absolute Gasteiger partial charge is 0.465 e. The van der Waals surface area contributed by atoms with Gasteiger partial charge >= 0.3 is 11.6 Å². The third-order valence-electron chi connectivity index (χ3n) is 3.07. The Morgan fingerprint density at radius 1 is 1.20 bits per heavy atom. The predicted molar refractivity (Wildman–Crippen MR) is 72.7 cm³/mol. The van der Waals surface area contributed by atoms with Gasteiger partial charge in [-0.2, -0.15) is 0 Å². The minimum atomic E-state index is -0.406. The predicted octanol–water partition coefficient (Wildman–Crippen LogP) is 2.53. The molecule has 5 nitrogen and oxygen atoms in total. The highest BCUT2D eigenvalue weighted by Gasteiger charge is 2.19. The molecule has 0 bridgehead atoms. The Bertz CT molecular complexity index is 782. The quantitative estimate of drug-likeness (QED) is 0.725. The van der Waals surface area contributed by atoms with Crippen molar-refractivity contribution in [1.29, 1.82) is 0 Å². The molecule has 0 aromatic heterocycles. The summed E-state index contributed by atoms with van der Waals surface area (Å²) in [6, 6.07) is 10.1. The van der Waals surface area contributed by atoms with E-state index < -0.39 is 5.97 Å². The SMILES string of the molecule is COC(=O)c1ccc(-c2oc(=O)c3ccc[nH]c2-3)cc1. The van der Waals surface area contributed by atoms with Crippen molar-refractivity contribution in [3.63, 3.8) is 0 Å². The van der Waals surface area contributed by atoms with Gasteiger partial charge in [-0.3, -0.25) is 0 Å². The molecule has 0 saturated carbocycles. The van der Waals surface area contributed by atoms with Gasteiger partial charge in [0.05, 0.1) is 23.9 Å². The fraction of sp³-hybridized carbons (Fsp3) is 0.0667. The second-order valence-corrected chi connectivity index (χ2v) is 4.25. The highest BCUT2D eigenvalue weighted by Crippen LogP contribution is 2.30. The average Bonchev–Trinajstić information content (AvgIpc) is 2.84. The van der Waals surface area contributed by atoms with Crippen LogP contribution in [0.3, 0.4) is 0 Å². The van der Waals surface area contributed by atoms with Crippen molar-refractivity contribution in [3.05, 3.63) is 58.6 Å². The van der Waals surface area contributed by atoms with E-state index in [1.165, 1.54) is 7.11 Å². The van der Waals surface area contributed by atoms with E-state index in [9.17, 15) is 9.59 Å². The van der Waals surface area contributed by atoms with E-state index in [2.05, 4.69) is 9.72 Å². The molecule has 1 N–H and O–H groups in total. The summed E-state index contributed by atoms with van der Waals surface area (Å²) < 4.78 is 9.91. The second kappa shape index (κ2) is 4.70. The fourth-order valence-electron chi connectivity index (χ4n) is 2.07. The molecule has 0 unspecified atom stereocenters. The number of ether oxygens (including phenoxy) is 1. The maximum Gasteiger partial charge on any atom is 0.345 e. The first-order chi connectivity index (χ1) is 9.70. The van der Waals surface area contributed by atoms with Crippen molar-refractivity contribution >= 4 is 5.97 Å². The molecule has 3 rings (SSSR count). The monoisotopic (exact) mass is 269 g/mol. The van der Waals surface area contributed by atoms with Crippen LogP contribution in [-0.2, 0) is 4.74 Å². The van der Waals surface area contributed by atoms with Crippen molar-refractivity contribution in [2.45, 2.75) is 0 Å². The third kappa shape index (κ3) is 1.89. The number of pyridine rings is 1. The summed E-state index contributed by atoms with van der Waals surface area (Å²) in [5.41, 5.74) is 1.91. The molecule has 100 valence electrons. The number of hydrogen-bond donors (Lipinski definition) is 1. The number of rotatable bonds is 2. The maximum atomic E-state index is 11.7. The van der Waals surface area contributed by atoms with Crippen molar-refractivity contribution < 1.29 is 13.9 Å². The zero-order valence-electron chi connectivity index (χ0n) is 10.7. The number of carbonyl (C=O) groups excluding carboxylic acids is 1. The molecule has 0 amide bonds. The van der Waals surface area contributed by atoms with Crippen LogP contribution < -0.4 is 5.63 Å². The molecule has 0 saturated heterocycles. The molecular formula is C15H11NO4. The van der Waals surface area contributed by atoms with Crippen LogP contribution in [0.4, 0.5) is 0 Å². The van der Waals surface area contributed by atoms with Gasteiger partial charge in [-0.15, -0.1) is 0 Å². The normalized spacial score (nSPS) is 10.7. The summed E-state index contributed by atoms with van der Waals surface area (Å²) in [6.07, 6.45) is 1.73. The molecule has 2 aliphatic heterocycles. The number of benzene rings is 1. The molecule has 2 aliphatic rings. The van der Waals surface area contributed by atoms with Gasteiger partial charge in [-0.1, -0.05) is 12.1 Å². The van der Waals surface area contributed by atoms with E-state index in [0.717, 1.165) is 0 Å². The second-order valence-electron chi connectivity index (χ2n) is 4.25. The van der Waals surface area contributed by atoms with Crippen molar-refractivity contribution in [2.75, 3.05) is 7.11 Å². The van der Waals surface area contributed by atoms with Crippen molar-refractivity contribution in [2.24, 2.45) is 0 Å². The highest BCUT2D eigenvalue weighted by atomic mass is 16.5. The van der Waals surface area contributed by atoms with Crippen LogP contribution in [0.25, 0.3) is 22.6 Å². The summed E-state index contributed by atoms with van der Waals surface area (Å²) in [6.45, 7) is 0. The number of aromatic nitrogens is 1. The van der Waals surface area contributed by atoms with E-state index in [1.807, 2.05) is 0 Å². The molecule has 5 heteroatoms. The zero-order valence-corrected chi connectivity index (χ0v) is 10.7. The number of H-pyrrole nitrogens is 1. The zero-order chi connectivity index (χ0) is 14.1. The Hall–Kier alpha value is -2.82. The van der Waals surface area contributed by atoms with Crippen molar-refractivity contribution in [1.82, 2.24) is 4.98 Å². The minimum absolute atomic E-state index is 0.385. The number of nitrogens with one attached hydrogen (secondary N) is 1. The van der Waals surface area contributed by atoms with Crippen LogP contribution in [-0.4, -0.2) is 18.1 Å². The van der Waals surface area contributed by atoms with Crippen molar-refractivity contribution in [3.8, 4) is 22.6 Å². The van der Waals surface area contributed by atoms with Gasteiger partial charge in [-0.05, 0) is 24.3 Å². The number of furan rings is 1. The highest BCUT2D eigenvalue weighted by molar-refractivity contribution is 5.90. The lowest BCUT2D eigenvalue weighted by molar-refractivity contribution is 0.0601. The standard InChI is InChI=1S/C15H11NO4/c1-19-14(17)10-6-4-9(5-7-10)13-12-11(15(18)20-13)3-2-8-16-12/h2-8,16H,1H3. The number of aromatic amines is 1. The molecule has 0 atom stereocenters. The first kappa shape index (κ1) is 12.2. The topological polar surface area (TPSA) is 72.3 Å². The Kier molecular flexibility index (Phi) is 2.87. The summed E-state index contributed by atoms with van der Waals surface area (Å²) in [7, 11) is 1.33. The Morgan fingerprint density at radius 3 is 2.65 bits per heavy atom. The summed E-state index contributed by atoms with van der Waals surface area (Å²) >= 11 is 0. The van der Waals surface area contributed by atoms with Gasteiger partial charge in [0.2, 0.25) is 0 Å². The molecule has 1 aromatic carbocycles. The van der Waals surface area contributed by atoms with E-state index >= 15 is 0 Å². The van der Waals surface area contributed by atoms with Gasteiger partial charge in [0.25, 0.3) is 0 Å². The van der Waals surface area contributed by atoms with Gasteiger partial charge in [0.1, 0.15) is 0 Å². The number of methoxy groups -OCH3 is 1. The van der Waals surface area contributed by atoms with E-state index in [1.54, 1.807) is 42.6 Å². The Balaban J connectivity index is 2.08. The molecule has 0 radical (unpaired) electrons. The van der Waals surface area contributed by atoms with Crippen LogP contribution >= 0.6 is 0 Å². The third-order valence-corrected chi connectivity index (χ3v) is 3.07. The van der Waals surface area contributed by atoms with Crippen LogP contribution in [0.5, 0.6) is 0 Å². The fourth-order valence-corrected chi connectivity index (χ4v) is 2.07. The molecule has 0 spiro atoms. The average molecular weight is 269 g/mol. The molecule has 20 heavy (non-hydrogen) atoms. The first-order valence-electron chi connectivity index (χ1n) is 5.99. The number of esters is 1. The number of carbonyl (C=O) groups is 1.